The van der Waals surface area contributed by atoms with E-state index in [1.807, 2.05) is 54.6 Å². The summed E-state index contributed by atoms with van der Waals surface area (Å²) in [7, 11) is 0. The average molecular weight is 592 g/mol. The molecule has 0 aliphatic heterocycles. The van der Waals surface area contributed by atoms with E-state index in [9.17, 15) is 0 Å². The average Bonchev–Trinajstić information content (AvgIpc) is 3.46. The quantitative estimate of drug-likeness (QED) is 0.154. The molecule has 0 unspecified atom stereocenters. The van der Waals surface area contributed by atoms with Crippen molar-refractivity contribution in [3.63, 3.8) is 0 Å². The summed E-state index contributed by atoms with van der Waals surface area (Å²) in [5.41, 5.74) is 14.3. The van der Waals surface area contributed by atoms with Gasteiger partial charge in [-0.05, 0) is 57.3 Å². The lowest BCUT2D eigenvalue weighted by atomic mass is 9.94. The van der Waals surface area contributed by atoms with Crippen molar-refractivity contribution in [2.75, 3.05) is 0 Å². The molecule has 8 aromatic rings. The molecule has 0 bridgehead atoms. The highest BCUT2D eigenvalue weighted by atomic mass is 15.1. The number of rotatable bonds is 5. The van der Waals surface area contributed by atoms with Crippen LogP contribution in [0.4, 0.5) is 0 Å². The third-order valence-corrected chi connectivity index (χ3v) is 8.51. The summed E-state index contributed by atoms with van der Waals surface area (Å²) in [6.07, 6.45) is 1.74. The van der Waals surface area contributed by atoms with Crippen LogP contribution in [0, 0.1) is 5.41 Å². The Morgan fingerprint density at radius 1 is 0.565 bits per heavy atom. The number of hydrogen-bond donors (Lipinski definition) is 2. The minimum Gasteiger partial charge on any atom is -0.383 e. The van der Waals surface area contributed by atoms with Gasteiger partial charge in [-0.3, -0.25) is 9.98 Å². The van der Waals surface area contributed by atoms with Crippen LogP contribution in [0.15, 0.2) is 163 Å². The number of fused-ring (bicyclic) bond motifs is 5. The number of amidine groups is 2. The predicted octanol–water partition coefficient (Wildman–Crippen LogP) is 9.40. The number of nitrogens with two attached hydrogens (primary N) is 1. The number of benzene rings is 6. The highest BCUT2D eigenvalue weighted by Crippen LogP contribution is 2.42. The zero-order chi connectivity index (χ0) is 31.0. The maximum atomic E-state index is 8.85. The summed E-state index contributed by atoms with van der Waals surface area (Å²) in [6, 6.07) is 51.8. The molecule has 0 amide bonds. The fourth-order valence-corrected chi connectivity index (χ4v) is 6.34. The molecule has 5 nitrogen and oxygen atoms in total. The van der Waals surface area contributed by atoms with Gasteiger partial charge >= 0.3 is 0 Å². The first-order chi connectivity index (χ1) is 22.7. The van der Waals surface area contributed by atoms with E-state index in [2.05, 4.69) is 107 Å². The standard InChI is InChI=1S/C41H29N5/c42-40(29-16-8-3-9-17-29)45-41(43)31-22-23-44-38(25-31)46-36-24-30(27-12-4-1-5-13-27)20-21-34(36)39-33-19-11-10-18-32(33)35(26-37(39)46)28-14-6-2-7-15-28/h1-26H,(H3,42,43,45). The van der Waals surface area contributed by atoms with Crippen molar-refractivity contribution in [3.8, 4) is 28.1 Å². The highest BCUT2D eigenvalue weighted by Gasteiger charge is 2.19. The molecule has 8 rings (SSSR count). The normalized spacial score (nSPS) is 11.8. The Hall–Kier alpha value is -6.33. The van der Waals surface area contributed by atoms with Crippen molar-refractivity contribution in [1.82, 2.24) is 9.55 Å². The molecule has 46 heavy (non-hydrogen) atoms. The number of hydrogen-bond acceptors (Lipinski definition) is 2. The van der Waals surface area contributed by atoms with E-state index in [4.69, 9.17) is 16.1 Å². The summed E-state index contributed by atoms with van der Waals surface area (Å²) in [6.45, 7) is 0. The molecule has 5 heteroatoms. The Balaban J connectivity index is 1.40. The summed E-state index contributed by atoms with van der Waals surface area (Å²) in [5, 5.41) is 13.5. The van der Waals surface area contributed by atoms with Gasteiger partial charge in [0.25, 0.3) is 0 Å². The zero-order valence-electron chi connectivity index (χ0n) is 24.9. The lowest BCUT2D eigenvalue weighted by molar-refractivity contribution is 1.08. The van der Waals surface area contributed by atoms with Crippen molar-refractivity contribution in [2.24, 2.45) is 10.7 Å². The number of pyridine rings is 1. The summed E-state index contributed by atoms with van der Waals surface area (Å²) in [5.74, 6) is 1.08. The predicted molar refractivity (Wildman–Crippen MR) is 191 cm³/mol. The summed E-state index contributed by atoms with van der Waals surface area (Å²) < 4.78 is 2.22. The van der Waals surface area contributed by atoms with Crippen LogP contribution in [0.5, 0.6) is 0 Å². The second kappa shape index (κ2) is 11.3. The van der Waals surface area contributed by atoms with Crippen LogP contribution >= 0.6 is 0 Å². The molecule has 0 spiro atoms. The Morgan fingerprint density at radius 2 is 1.22 bits per heavy atom. The van der Waals surface area contributed by atoms with Crippen molar-refractivity contribution >= 4 is 44.2 Å². The second-order valence-corrected chi connectivity index (χ2v) is 11.3. The molecule has 218 valence electrons. The molecule has 3 N–H and O–H groups in total. The SMILES string of the molecule is N=C(N=C(N)c1ccccc1)c1ccnc(-n2c3cc(-c4ccccc4)ccc3c3c4ccccc4c(-c4ccccc4)cc32)c1. The molecular weight excluding hydrogens is 562 g/mol. The largest absolute Gasteiger partial charge is 0.383 e. The van der Waals surface area contributed by atoms with Gasteiger partial charge in [-0.2, -0.15) is 0 Å². The Bertz CT molecular complexity index is 2430. The van der Waals surface area contributed by atoms with Crippen molar-refractivity contribution in [2.45, 2.75) is 0 Å². The van der Waals surface area contributed by atoms with Crippen LogP contribution in [0.25, 0.3) is 60.6 Å². The van der Waals surface area contributed by atoms with Gasteiger partial charge in [0.05, 0.1) is 11.0 Å². The van der Waals surface area contributed by atoms with Crippen LogP contribution in [-0.2, 0) is 0 Å². The summed E-state index contributed by atoms with van der Waals surface area (Å²) >= 11 is 0. The van der Waals surface area contributed by atoms with Crippen LogP contribution in [0.3, 0.4) is 0 Å². The van der Waals surface area contributed by atoms with E-state index in [-0.39, 0.29) is 5.84 Å². The smallest absolute Gasteiger partial charge is 0.154 e. The van der Waals surface area contributed by atoms with E-state index in [0.717, 1.165) is 44.2 Å². The van der Waals surface area contributed by atoms with Crippen LogP contribution in [-0.4, -0.2) is 21.2 Å². The zero-order valence-corrected chi connectivity index (χ0v) is 24.9. The first kappa shape index (κ1) is 27.2. The number of nitrogens with zero attached hydrogens (tertiary/aromatic N) is 3. The molecule has 2 aromatic heterocycles. The van der Waals surface area contributed by atoms with Gasteiger partial charge in [-0.1, -0.05) is 127 Å². The third-order valence-electron chi connectivity index (χ3n) is 8.51. The first-order valence-electron chi connectivity index (χ1n) is 15.2. The maximum absolute atomic E-state index is 8.85. The van der Waals surface area contributed by atoms with Gasteiger partial charge in [0.15, 0.2) is 5.84 Å². The van der Waals surface area contributed by atoms with Crippen molar-refractivity contribution in [3.05, 3.63) is 169 Å². The molecule has 0 aliphatic rings. The van der Waals surface area contributed by atoms with Crippen LogP contribution in [0.1, 0.15) is 11.1 Å². The van der Waals surface area contributed by atoms with Gasteiger partial charge in [0, 0.05) is 28.1 Å². The lowest BCUT2D eigenvalue weighted by Crippen LogP contribution is -2.16. The Morgan fingerprint density at radius 3 is 1.96 bits per heavy atom. The molecule has 0 atom stereocenters. The number of aromatic nitrogens is 2. The van der Waals surface area contributed by atoms with Gasteiger partial charge in [0.1, 0.15) is 11.7 Å². The monoisotopic (exact) mass is 591 g/mol. The molecule has 6 aromatic carbocycles. The number of aliphatic imine (C=N–C) groups is 1. The molecule has 0 saturated heterocycles. The van der Waals surface area contributed by atoms with Crippen LogP contribution in [0.2, 0.25) is 0 Å². The maximum Gasteiger partial charge on any atom is 0.154 e. The van der Waals surface area contributed by atoms with Gasteiger partial charge in [0.2, 0.25) is 0 Å². The van der Waals surface area contributed by atoms with Crippen molar-refractivity contribution in [1.29, 1.82) is 5.41 Å². The minimum atomic E-state index is 0.0752. The molecule has 0 fully saturated rings. The Labute approximate surface area is 266 Å². The first-order valence-corrected chi connectivity index (χ1v) is 15.2. The third kappa shape index (κ3) is 4.71. The fraction of sp³-hybridized carbons (Fsp3) is 0. The topological polar surface area (TPSA) is 80.1 Å². The fourth-order valence-electron chi connectivity index (χ4n) is 6.34. The van der Waals surface area contributed by atoms with Crippen molar-refractivity contribution < 1.29 is 0 Å². The lowest BCUT2D eigenvalue weighted by Gasteiger charge is -2.12. The molecule has 0 radical (unpaired) electrons. The Kier molecular flexibility index (Phi) is 6.69. The van der Waals surface area contributed by atoms with E-state index in [0.29, 0.717) is 17.2 Å². The van der Waals surface area contributed by atoms with E-state index >= 15 is 0 Å². The summed E-state index contributed by atoms with van der Waals surface area (Å²) in [4.78, 5) is 9.33. The van der Waals surface area contributed by atoms with E-state index < -0.39 is 0 Å². The molecule has 0 aliphatic carbocycles. The second-order valence-electron chi connectivity index (χ2n) is 11.3. The van der Waals surface area contributed by atoms with E-state index in [1.54, 1.807) is 6.20 Å². The minimum absolute atomic E-state index is 0.0752. The number of nitrogens with one attached hydrogen (secondary N) is 1. The molecule has 0 saturated carbocycles. The van der Waals surface area contributed by atoms with Gasteiger partial charge < -0.3 is 5.73 Å². The molecule has 2 heterocycles. The molecular formula is C41H29N5. The highest BCUT2D eigenvalue weighted by molar-refractivity contribution is 6.24. The van der Waals surface area contributed by atoms with Crippen LogP contribution < -0.4 is 5.73 Å². The van der Waals surface area contributed by atoms with Gasteiger partial charge in [-0.25, -0.2) is 9.98 Å². The van der Waals surface area contributed by atoms with E-state index in [1.165, 1.54) is 16.2 Å². The van der Waals surface area contributed by atoms with Gasteiger partial charge in [-0.15, -0.1) is 0 Å².